The molecule has 0 fully saturated rings. The lowest BCUT2D eigenvalue weighted by Crippen LogP contribution is -2.13. The Morgan fingerprint density at radius 3 is 2.03 bits per heavy atom. The number of alkyl halides is 3. The Kier molecular flexibility index (Phi) is 4.87. The lowest BCUT2D eigenvalue weighted by atomic mass is 10.1. The molecule has 5 rings (SSSR count). The van der Waals surface area contributed by atoms with Gasteiger partial charge in [0.15, 0.2) is 17.0 Å². The van der Waals surface area contributed by atoms with E-state index < -0.39 is 11.9 Å². The van der Waals surface area contributed by atoms with Crippen molar-refractivity contribution in [2.45, 2.75) is 6.18 Å². The molecule has 160 valence electrons. The van der Waals surface area contributed by atoms with Crippen LogP contribution in [-0.2, 0) is 6.18 Å². The van der Waals surface area contributed by atoms with Crippen LogP contribution in [-0.4, -0.2) is 24.7 Å². The van der Waals surface area contributed by atoms with Crippen LogP contribution in [0.25, 0.3) is 39.9 Å². The van der Waals surface area contributed by atoms with E-state index in [1.54, 1.807) is 48.5 Å². The van der Waals surface area contributed by atoms with Gasteiger partial charge in [-0.15, -0.1) is 0 Å². The first kappa shape index (κ1) is 20.5. The van der Waals surface area contributed by atoms with E-state index >= 15 is 0 Å². The summed E-state index contributed by atoms with van der Waals surface area (Å²) < 4.78 is 47.3. The Bertz CT molecular complexity index is 1430. The maximum absolute atomic E-state index is 13.8. The molecule has 0 bridgehead atoms. The monoisotopic (exact) mass is 475 g/mol. The highest BCUT2D eigenvalue weighted by atomic mass is 35.5. The standard InChI is InChI=1S/C21H10Cl2F3N5O/c22-13-5-1-11(2-6-13)15-9-17(21(24,25)26)31-18(27-15)10-16(29-31)20-28-19(30-32-20)12-3-7-14(23)8-4-12/h1-10H. The van der Waals surface area contributed by atoms with Crippen molar-refractivity contribution < 1.29 is 17.7 Å². The van der Waals surface area contributed by atoms with Gasteiger partial charge in [-0.2, -0.15) is 23.3 Å². The molecule has 2 aromatic carbocycles. The summed E-state index contributed by atoms with van der Waals surface area (Å²) in [6.45, 7) is 0. The predicted molar refractivity (Wildman–Crippen MR) is 112 cm³/mol. The van der Waals surface area contributed by atoms with Gasteiger partial charge in [0, 0.05) is 27.2 Å². The third-order valence-electron chi connectivity index (χ3n) is 4.61. The van der Waals surface area contributed by atoms with Crippen molar-refractivity contribution in [3.63, 3.8) is 0 Å². The quantitative estimate of drug-likeness (QED) is 0.300. The number of nitrogens with zero attached hydrogens (tertiary/aromatic N) is 5. The van der Waals surface area contributed by atoms with Crippen molar-refractivity contribution in [2.24, 2.45) is 0 Å². The molecule has 0 aliphatic rings. The summed E-state index contributed by atoms with van der Waals surface area (Å²) in [7, 11) is 0. The van der Waals surface area contributed by atoms with Crippen molar-refractivity contribution in [1.29, 1.82) is 0 Å². The molecular weight excluding hydrogens is 466 g/mol. The zero-order valence-electron chi connectivity index (χ0n) is 15.8. The Morgan fingerprint density at radius 1 is 0.781 bits per heavy atom. The molecule has 0 atom stereocenters. The van der Waals surface area contributed by atoms with Crippen molar-refractivity contribution in [3.05, 3.63) is 76.4 Å². The minimum atomic E-state index is -4.67. The van der Waals surface area contributed by atoms with Crippen LogP contribution in [0.1, 0.15) is 5.69 Å². The highest BCUT2D eigenvalue weighted by Gasteiger charge is 2.35. The minimum absolute atomic E-state index is 0.0222. The summed E-state index contributed by atoms with van der Waals surface area (Å²) in [6.07, 6.45) is -4.67. The number of fused-ring (bicyclic) bond motifs is 1. The van der Waals surface area contributed by atoms with E-state index in [-0.39, 0.29) is 28.8 Å². The van der Waals surface area contributed by atoms with Gasteiger partial charge in [0.25, 0.3) is 5.89 Å². The van der Waals surface area contributed by atoms with Crippen LogP contribution in [0.5, 0.6) is 0 Å². The molecule has 3 aromatic heterocycles. The van der Waals surface area contributed by atoms with Gasteiger partial charge in [0.1, 0.15) is 0 Å². The minimum Gasteiger partial charge on any atom is -0.332 e. The second-order valence-electron chi connectivity index (χ2n) is 6.76. The lowest BCUT2D eigenvalue weighted by Gasteiger charge is -2.11. The maximum atomic E-state index is 13.8. The van der Waals surface area contributed by atoms with Crippen LogP contribution in [0.15, 0.2) is 65.2 Å². The fourth-order valence-corrected chi connectivity index (χ4v) is 3.35. The maximum Gasteiger partial charge on any atom is 0.433 e. The summed E-state index contributed by atoms with van der Waals surface area (Å²) in [5.74, 6) is 0.209. The Labute approximate surface area is 188 Å². The van der Waals surface area contributed by atoms with Gasteiger partial charge in [-0.05, 0) is 42.5 Å². The molecule has 0 saturated carbocycles. The Balaban J connectivity index is 1.61. The van der Waals surface area contributed by atoms with E-state index in [1.807, 2.05) is 0 Å². The molecule has 5 aromatic rings. The number of aromatic nitrogens is 5. The second kappa shape index (κ2) is 7.61. The van der Waals surface area contributed by atoms with E-state index in [0.717, 1.165) is 6.07 Å². The van der Waals surface area contributed by atoms with Gasteiger partial charge in [0.2, 0.25) is 5.82 Å². The van der Waals surface area contributed by atoms with Crippen molar-refractivity contribution in [3.8, 4) is 34.2 Å². The molecule has 0 aliphatic heterocycles. The first-order valence-electron chi connectivity index (χ1n) is 9.12. The SMILES string of the molecule is FC(F)(F)c1cc(-c2ccc(Cl)cc2)nc2cc(-c3nc(-c4ccc(Cl)cc4)no3)nn12. The largest absolute Gasteiger partial charge is 0.433 e. The van der Waals surface area contributed by atoms with E-state index in [9.17, 15) is 13.2 Å². The van der Waals surface area contributed by atoms with Crippen LogP contribution in [0.3, 0.4) is 0 Å². The number of benzene rings is 2. The smallest absolute Gasteiger partial charge is 0.332 e. The number of halogens is 5. The molecule has 11 heteroatoms. The van der Waals surface area contributed by atoms with Gasteiger partial charge >= 0.3 is 6.18 Å². The molecule has 0 saturated heterocycles. The average Bonchev–Trinajstić information content (AvgIpc) is 3.40. The summed E-state index contributed by atoms with van der Waals surface area (Å²) in [5.41, 5.74) is 0.284. The second-order valence-corrected chi connectivity index (χ2v) is 7.63. The van der Waals surface area contributed by atoms with Crippen molar-refractivity contribution >= 4 is 28.8 Å². The molecule has 0 unspecified atom stereocenters. The Morgan fingerprint density at radius 2 is 1.41 bits per heavy atom. The zero-order chi connectivity index (χ0) is 22.5. The van der Waals surface area contributed by atoms with Gasteiger partial charge in [-0.1, -0.05) is 40.5 Å². The van der Waals surface area contributed by atoms with E-state index in [0.29, 0.717) is 25.7 Å². The molecule has 6 nitrogen and oxygen atoms in total. The fourth-order valence-electron chi connectivity index (χ4n) is 3.09. The molecule has 0 aliphatic carbocycles. The highest BCUT2D eigenvalue weighted by molar-refractivity contribution is 6.30. The van der Waals surface area contributed by atoms with Crippen LogP contribution in [0, 0.1) is 0 Å². The van der Waals surface area contributed by atoms with Gasteiger partial charge in [0.05, 0.1) is 5.69 Å². The summed E-state index contributed by atoms with van der Waals surface area (Å²) >= 11 is 11.8. The van der Waals surface area contributed by atoms with Crippen molar-refractivity contribution in [1.82, 2.24) is 24.7 Å². The summed E-state index contributed by atoms with van der Waals surface area (Å²) in [5, 5.41) is 8.89. The normalized spacial score (nSPS) is 11.9. The van der Waals surface area contributed by atoms with Gasteiger partial charge < -0.3 is 4.52 Å². The molecule has 0 amide bonds. The van der Waals surface area contributed by atoms with Gasteiger partial charge in [-0.25, -0.2) is 9.50 Å². The van der Waals surface area contributed by atoms with Crippen molar-refractivity contribution in [2.75, 3.05) is 0 Å². The molecule has 32 heavy (non-hydrogen) atoms. The molecule has 3 heterocycles. The molecule has 0 spiro atoms. The van der Waals surface area contributed by atoms with E-state index in [1.165, 1.54) is 6.07 Å². The van der Waals surface area contributed by atoms with Crippen LogP contribution in [0.4, 0.5) is 13.2 Å². The third kappa shape index (κ3) is 3.80. The fraction of sp³-hybridized carbons (Fsp3) is 0.0476. The molecule has 0 radical (unpaired) electrons. The lowest BCUT2D eigenvalue weighted by molar-refractivity contribution is -0.142. The summed E-state index contributed by atoms with van der Waals surface area (Å²) in [6, 6.07) is 15.3. The first-order valence-corrected chi connectivity index (χ1v) is 9.87. The highest BCUT2D eigenvalue weighted by Crippen LogP contribution is 2.33. The van der Waals surface area contributed by atoms with Gasteiger partial charge in [-0.3, -0.25) is 0 Å². The molecule has 0 N–H and O–H groups in total. The van der Waals surface area contributed by atoms with E-state index in [2.05, 4.69) is 20.2 Å². The predicted octanol–water partition coefficient (Wildman–Crippen LogP) is 6.44. The average molecular weight is 476 g/mol. The Hall–Kier alpha value is -3.43. The van der Waals surface area contributed by atoms with Crippen LogP contribution in [0.2, 0.25) is 10.0 Å². The third-order valence-corrected chi connectivity index (χ3v) is 5.11. The van der Waals surface area contributed by atoms with Crippen LogP contribution < -0.4 is 0 Å². The molecular formula is C21H10Cl2F3N5O. The topological polar surface area (TPSA) is 69.1 Å². The number of hydrogen-bond donors (Lipinski definition) is 0. The first-order chi connectivity index (χ1) is 15.3. The van der Waals surface area contributed by atoms with Crippen LogP contribution >= 0.6 is 23.2 Å². The van der Waals surface area contributed by atoms with E-state index in [4.69, 9.17) is 27.7 Å². The number of rotatable bonds is 3. The summed E-state index contributed by atoms with van der Waals surface area (Å²) in [4.78, 5) is 8.56. The zero-order valence-corrected chi connectivity index (χ0v) is 17.3. The number of hydrogen-bond acceptors (Lipinski definition) is 5.